The van der Waals surface area contributed by atoms with E-state index in [1.165, 1.54) is 4.68 Å². The highest BCUT2D eigenvalue weighted by molar-refractivity contribution is 6.35. The molecule has 1 aromatic heterocycles. The van der Waals surface area contributed by atoms with Gasteiger partial charge in [-0.1, -0.05) is 34.5 Å². The average Bonchev–Trinajstić information content (AvgIpc) is 2.85. The number of nitrogens with zero attached hydrogens (tertiary/aromatic N) is 3. The van der Waals surface area contributed by atoms with E-state index in [0.29, 0.717) is 22.3 Å². The fourth-order valence-electron chi connectivity index (χ4n) is 1.83. The van der Waals surface area contributed by atoms with E-state index in [1.54, 1.807) is 25.1 Å². The molecule has 0 fully saturated rings. The lowest BCUT2D eigenvalue weighted by Gasteiger charge is -2.08. The highest BCUT2D eigenvalue weighted by Crippen LogP contribution is 2.22. The largest absolute Gasteiger partial charge is 0.461 e. The molecule has 1 heterocycles. The topological polar surface area (TPSA) is 83.0 Å². The van der Waals surface area contributed by atoms with E-state index < -0.39 is 5.97 Å². The Morgan fingerprint density at radius 2 is 2.19 bits per heavy atom. The summed E-state index contributed by atoms with van der Waals surface area (Å²) in [6.45, 7) is 2.44. The summed E-state index contributed by atoms with van der Waals surface area (Å²) < 4.78 is 6.45. The van der Waals surface area contributed by atoms with Crippen LogP contribution in [0.25, 0.3) is 0 Å². The van der Waals surface area contributed by atoms with E-state index in [1.807, 2.05) is 0 Å². The predicted octanol–water partition coefficient (Wildman–Crippen LogP) is 2.27. The number of esters is 1. The van der Waals surface area contributed by atoms with Gasteiger partial charge in [-0.05, 0) is 24.6 Å². The Morgan fingerprint density at radius 3 is 2.81 bits per heavy atom. The van der Waals surface area contributed by atoms with Crippen molar-refractivity contribution in [1.29, 1.82) is 0 Å². The van der Waals surface area contributed by atoms with Crippen molar-refractivity contribution < 1.29 is 9.53 Å². The average molecular weight is 329 g/mol. The van der Waals surface area contributed by atoms with Gasteiger partial charge in [0.25, 0.3) is 0 Å². The van der Waals surface area contributed by atoms with Crippen molar-refractivity contribution in [2.24, 2.45) is 5.73 Å². The van der Waals surface area contributed by atoms with Crippen LogP contribution < -0.4 is 5.73 Å². The third-order valence-electron chi connectivity index (χ3n) is 2.83. The van der Waals surface area contributed by atoms with Gasteiger partial charge in [0, 0.05) is 16.6 Å². The molecule has 1 aromatic carbocycles. The first-order valence-electron chi connectivity index (χ1n) is 6.30. The zero-order valence-corrected chi connectivity index (χ0v) is 12.9. The highest BCUT2D eigenvalue weighted by atomic mass is 35.5. The summed E-state index contributed by atoms with van der Waals surface area (Å²) >= 11 is 12.0. The van der Waals surface area contributed by atoms with E-state index in [9.17, 15) is 4.79 Å². The number of carbonyl (C=O) groups excluding carboxylic acids is 1. The minimum absolute atomic E-state index is 0.117. The minimum Gasteiger partial charge on any atom is -0.461 e. The number of carbonyl (C=O) groups is 1. The van der Waals surface area contributed by atoms with Crippen LogP contribution in [0, 0.1) is 0 Å². The predicted molar refractivity (Wildman–Crippen MR) is 79.4 cm³/mol. The molecule has 2 aromatic rings. The molecule has 2 rings (SSSR count). The number of rotatable bonds is 5. The molecule has 0 saturated heterocycles. The van der Waals surface area contributed by atoms with Crippen molar-refractivity contribution in [3.8, 4) is 0 Å². The number of halogens is 2. The van der Waals surface area contributed by atoms with Gasteiger partial charge in [0.15, 0.2) is 5.69 Å². The maximum atomic E-state index is 11.8. The number of hydrogen-bond donors (Lipinski definition) is 1. The molecule has 0 aliphatic rings. The summed E-state index contributed by atoms with van der Waals surface area (Å²) in [4.78, 5) is 11.8. The number of aromatic nitrogens is 3. The van der Waals surface area contributed by atoms with Gasteiger partial charge in [-0.2, -0.15) is 0 Å². The Kier molecular flexibility index (Phi) is 5.17. The molecule has 0 bridgehead atoms. The van der Waals surface area contributed by atoms with Crippen molar-refractivity contribution in [1.82, 2.24) is 15.0 Å². The van der Waals surface area contributed by atoms with Gasteiger partial charge < -0.3 is 10.5 Å². The molecule has 2 N–H and O–H groups in total. The molecule has 0 unspecified atom stereocenters. The standard InChI is InChI=1S/C13H14Cl2N4O2/c1-2-21-13(20)12-11(6-16)19(18-17-12)7-8-3-4-9(14)5-10(8)15/h3-5H,2,6-7,16H2,1H3. The second-order valence-corrected chi connectivity index (χ2v) is 5.05. The van der Waals surface area contributed by atoms with Gasteiger partial charge in [0.1, 0.15) is 0 Å². The first-order valence-corrected chi connectivity index (χ1v) is 7.05. The summed E-state index contributed by atoms with van der Waals surface area (Å²) in [7, 11) is 0. The Hall–Kier alpha value is -1.63. The molecule has 0 amide bonds. The molecule has 8 heteroatoms. The van der Waals surface area contributed by atoms with Crippen LogP contribution in [0.2, 0.25) is 10.0 Å². The molecule has 6 nitrogen and oxygen atoms in total. The van der Waals surface area contributed by atoms with E-state index >= 15 is 0 Å². The van der Waals surface area contributed by atoms with Crippen molar-refractivity contribution in [3.63, 3.8) is 0 Å². The molecule has 0 spiro atoms. The van der Waals surface area contributed by atoms with E-state index in [4.69, 9.17) is 33.7 Å². The van der Waals surface area contributed by atoms with Crippen LogP contribution in [0.4, 0.5) is 0 Å². The second kappa shape index (κ2) is 6.89. The van der Waals surface area contributed by atoms with Crippen LogP contribution >= 0.6 is 23.2 Å². The summed E-state index contributed by atoms with van der Waals surface area (Å²) in [5.41, 5.74) is 7.11. The molecule has 0 atom stereocenters. The molecule has 0 aliphatic carbocycles. The van der Waals surface area contributed by atoms with Gasteiger partial charge in [-0.3, -0.25) is 0 Å². The summed E-state index contributed by atoms with van der Waals surface area (Å²) in [5, 5.41) is 8.84. The number of ether oxygens (including phenoxy) is 1. The Labute approximate surface area is 131 Å². The van der Waals surface area contributed by atoms with Crippen molar-refractivity contribution in [3.05, 3.63) is 45.2 Å². The second-order valence-electron chi connectivity index (χ2n) is 4.20. The van der Waals surface area contributed by atoms with Gasteiger partial charge in [0.05, 0.1) is 18.8 Å². The minimum atomic E-state index is -0.536. The first kappa shape index (κ1) is 15.8. The zero-order chi connectivity index (χ0) is 15.4. The fourth-order valence-corrected chi connectivity index (χ4v) is 2.30. The Bertz CT molecular complexity index is 658. The molecular formula is C13H14Cl2N4O2. The molecule has 0 aliphatic heterocycles. The smallest absolute Gasteiger partial charge is 0.360 e. The van der Waals surface area contributed by atoms with Crippen LogP contribution in [-0.2, 0) is 17.8 Å². The van der Waals surface area contributed by atoms with Crippen molar-refractivity contribution in [2.45, 2.75) is 20.0 Å². The van der Waals surface area contributed by atoms with Crippen LogP contribution in [0.3, 0.4) is 0 Å². The molecule has 0 radical (unpaired) electrons. The van der Waals surface area contributed by atoms with E-state index in [2.05, 4.69) is 10.3 Å². The van der Waals surface area contributed by atoms with Crippen LogP contribution in [-0.4, -0.2) is 27.6 Å². The quantitative estimate of drug-likeness (QED) is 0.851. The van der Waals surface area contributed by atoms with Gasteiger partial charge in [-0.15, -0.1) is 5.10 Å². The zero-order valence-electron chi connectivity index (χ0n) is 11.3. The summed E-state index contributed by atoms with van der Waals surface area (Å²) in [6, 6.07) is 5.16. The van der Waals surface area contributed by atoms with Crippen molar-refractivity contribution >= 4 is 29.2 Å². The lowest BCUT2D eigenvalue weighted by atomic mass is 10.2. The molecule has 112 valence electrons. The van der Waals surface area contributed by atoms with Crippen molar-refractivity contribution in [2.75, 3.05) is 6.61 Å². The van der Waals surface area contributed by atoms with Gasteiger partial charge in [0.2, 0.25) is 0 Å². The lowest BCUT2D eigenvalue weighted by molar-refractivity contribution is 0.0518. The maximum absolute atomic E-state index is 11.8. The number of hydrogen-bond acceptors (Lipinski definition) is 5. The van der Waals surface area contributed by atoms with Crippen LogP contribution in [0.15, 0.2) is 18.2 Å². The third-order valence-corrected chi connectivity index (χ3v) is 3.42. The summed E-state index contributed by atoms with van der Waals surface area (Å²) in [5.74, 6) is -0.536. The normalized spacial score (nSPS) is 10.7. The summed E-state index contributed by atoms with van der Waals surface area (Å²) in [6.07, 6.45) is 0. The maximum Gasteiger partial charge on any atom is 0.360 e. The Balaban J connectivity index is 2.30. The lowest BCUT2D eigenvalue weighted by Crippen LogP contribution is -2.15. The number of benzene rings is 1. The van der Waals surface area contributed by atoms with Crippen LogP contribution in [0.1, 0.15) is 28.7 Å². The molecule has 21 heavy (non-hydrogen) atoms. The first-order chi connectivity index (χ1) is 10.1. The van der Waals surface area contributed by atoms with Crippen LogP contribution in [0.5, 0.6) is 0 Å². The SMILES string of the molecule is CCOC(=O)c1nnn(Cc2ccc(Cl)cc2Cl)c1CN. The van der Waals surface area contributed by atoms with Gasteiger partial charge in [-0.25, -0.2) is 9.48 Å². The molecule has 0 saturated carbocycles. The highest BCUT2D eigenvalue weighted by Gasteiger charge is 2.20. The van der Waals surface area contributed by atoms with Gasteiger partial charge >= 0.3 is 5.97 Å². The molecular weight excluding hydrogens is 315 g/mol. The van der Waals surface area contributed by atoms with E-state index in [0.717, 1.165) is 5.56 Å². The number of nitrogens with two attached hydrogens (primary N) is 1. The third kappa shape index (κ3) is 3.53. The Morgan fingerprint density at radius 1 is 1.43 bits per heavy atom. The fraction of sp³-hybridized carbons (Fsp3) is 0.308. The monoisotopic (exact) mass is 328 g/mol. The van der Waals surface area contributed by atoms with E-state index in [-0.39, 0.29) is 18.8 Å².